The minimum absolute atomic E-state index is 0.0451. The van der Waals surface area contributed by atoms with E-state index >= 15 is 0 Å². The Hall–Kier alpha value is 5.18. The Morgan fingerprint density at radius 2 is 0.462 bits per heavy atom. The van der Waals surface area contributed by atoms with Crippen LogP contribution in [0.15, 0.2) is 0 Å². The van der Waals surface area contributed by atoms with E-state index in [1.54, 1.807) is 62.3 Å². The summed E-state index contributed by atoms with van der Waals surface area (Å²) in [5, 5.41) is 8.23. The van der Waals surface area contributed by atoms with Crippen LogP contribution < -0.4 is 0 Å². The maximum atomic E-state index is 8.23. The quantitative estimate of drug-likeness (QED) is 0.274. The van der Waals surface area contributed by atoms with Crippen molar-refractivity contribution in [2.45, 2.75) is 112 Å². The van der Waals surface area contributed by atoms with Crippen molar-refractivity contribution in [3.8, 4) is 0 Å². The van der Waals surface area contributed by atoms with Gasteiger partial charge in [-0.25, -0.2) is 0 Å². The van der Waals surface area contributed by atoms with Crippen LogP contribution in [0.25, 0.3) is 0 Å². The SMILES string of the molecule is CC(Cl)(Cl)CCO.CC(Cl)Cl.CC(Cl)Cl.CC(Cl)Cl.CC(Cl)Cl.CC(Cl)Cl.CC(Cl)Cl.CC(Cl)Cl.CC(Cl)Cl. The third-order valence-corrected chi connectivity index (χ3v) is 0.929. The second-order valence-electron chi connectivity index (χ2n) is 5.70. The van der Waals surface area contributed by atoms with Crippen molar-refractivity contribution >= 4 is 209 Å². The smallest absolute Gasteiger partial charge is 0.117 e. The molecule has 0 amide bonds. The molecule has 0 aliphatic rings. The second kappa shape index (κ2) is 55.6. The molecule has 0 unspecified atom stereocenters. The van der Waals surface area contributed by atoms with Gasteiger partial charge in [-0.3, -0.25) is 0 Å². The highest BCUT2D eigenvalue weighted by atomic mass is 35.6. The van der Waals surface area contributed by atoms with Gasteiger partial charge in [0.2, 0.25) is 0 Å². The molecular weight excluding hydrogens is 894 g/mol. The molecule has 0 spiro atoms. The van der Waals surface area contributed by atoms with Crippen LogP contribution in [0.1, 0.15) is 68.7 Å². The lowest BCUT2D eigenvalue weighted by molar-refractivity contribution is 0.283. The molecule has 1 nitrogen and oxygen atoms in total. The lowest BCUT2D eigenvalue weighted by atomic mass is 10.3. The number of alkyl halides is 18. The lowest BCUT2D eigenvalue weighted by Gasteiger charge is -2.08. The summed E-state index contributed by atoms with van der Waals surface area (Å²) >= 11 is 91.5. The van der Waals surface area contributed by atoms with Gasteiger partial charge < -0.3 is 5.11 Å². The van der Waals surface area contributed by atoms with Gasteiger partial charge in [0.25, 0.3) is 0 Å². The van der Waals surface area contributed by atoms with Crippen molar-refractivity contribution in [3.05, 3.63) is 0 Å². The third kappa shape index (κ3) is 869. The van der Waals surface area contributed by atoms with Crippen molar-refractivity contribution in [1.82, 2.24) is 0 Å². The number of aliphatic hydroxyl groups is 1. The second-order valence-corrected chi connectivity index (χ2v) is 19.8. The maximum absolute atomic E-state index is 8.23. The summed E-state index contributed by atoms with van der Waals surface area (Å²) in [7, 11) is 0. The van der Waals surface area contributed by atoms with E-state index in [4.69, 9.17) is 214 Å². The average Bonchev–Trinajstić information content (AvgIpc) is 2.48. The van der Waals surface area contributed by atoms with Gasteiger partial charge in [0.1, 0.15) is 43.0 Å². The van der Waals surface area contributed by atoms with Crippen molar-refractivity contribution in [2.24, 2.45) is 0 Å². The van der Waals surface area contributed by atoms with Crippen LogP contribution in [0.5, 0.6) is 0 Å². The molecule has 0 aromatic heterocycles. The number of aliphatic hydroxyl groups excluding tert-OH is 1. The molecule has 1 N–H and O–H groups in total. The maximum Gasteiger partial charge on any atom is 0.117 e. The first-order chi connectivity index (χ1) is 16.9. The van der Waals surface area contributed by atoms with Crippen LogP contribution in [-0.4, -0.2) is 54.7 Å². The molecule has 0 aliphatic heterocycles. The van der Waals surface area contributed by atoms with Crippen LogP contribution in [-0.2, 0) is 0 Å². The van der Waals surface area contributed by atoms with E-state index in [0.717, 1.165) is 0 Å². The van der Waals surface area contributed by atoms with Gasteiger partial charge in [-0.1, -0.05) is 0 Å². The van der Waals surface area contributed by atoms with Crippen LogP contribution in [0.4, 0.5) is 0 Å². The highest BCUT2D eigenvalue weighted by molar-refractivity contribution is 6.48. The molecule has 0 rings (SSSR count). The Kier molecular flexibility index (Phi) is 94.8. The molecule has 0 atom stereocenters. The monoisotopic (exact) mass is 926 g/mol. The van der Waals surface area contributed by atoms with E-state index in [1.165, 1.54) is 0 Å². The molecule has 0 fully saturated rings. The summed E-state index contributed by atoms with van der Waals surface area (Å²) in [5.41, 5.74) is 0. The molecule has 0 aliphatic carbocycles. The molecule has 19 heteroatoms. The summed E-state index contributed by atoms with van der Waals surface area (Å²) in [6, 6.07) is 0. The largest absolute Gasteiger partial charge is 0.396 e. The Labute approximate surface area is 328 Å². The molecule has 0 aromatic carbocycles. The fourth-order valence-electron chi connectivity index (χ4n) is 0.196. The zero-order valence-corrected chi connectivity index (χ0v) is 36.4. The predicted octanol–water partition coefficient (Wildman–Crippen LogP) is 16.0. The van der Waals surface area contributed by atoms with Crippen molar-refractivity contribution < 1.29 is 5.11 Å². The number of halogens is 18. The molecule has 0 saturated carbocycles. The molecular formula is C20H40Cl18O. The Morgan fingerprint density at radius 3 is 0.462 bits per heavy atom. The molecule has 0 aromatic rings. The van der Waals surface area contributed by atoms with Gasteiger partial charge in [-0.15, -0.1) is 209 Å². The predicted molar refractivity (Wildman–Crippen MR) is 201 cm³/mol. The highest BCUT2D eigenvalue weighted by Gasteiger charge is 2.13. The summed E-state index contributed by atoms with van der Waals surface area (Å²) in [4.78, 5) is -1.78. The Bertz CT molecular complexity index is 245. The van der Waals surface area contributed by atoms with Crippen LogP contribution in [0.3, 0.4) is 0 Å². The van der Waals surface area contributed by atoms with Crippen molar-refractivity contribution in [3.63, 3.8) is 0 Å². The van der Waals surface area contributed by atoms with Crippen LogP contribution in [0.2, 0.25) is 0 Å². The van der Waals surface area contributed by atoms with E-state index in [0.29, 0.717) is 6.42 Å². The van der Waals surface area contributed by atoms with Gasteiger partial charge in [0, 0.05) is 13.0 Å². The summed E-state index contributed by atoms with van der Waals surface area (Å²) < 4.78 is -0.755. The van der Waals surface area contributed by atoms with Crippen LogP contribution in [0, 0.1) is 0 Å². The zero-order valence-electron chi connectivity index (χ0n) is 22.8. The van der Waals surface area contributed by atoms with E-state index in [1.807, 2.05) is 0 Å². The van der Waals surface area contributed by atoms with Gasteiger partial charge >= 0.3 is 0 Å². The topological polar surface area (TPSA) is 20.2 Å². The first-order valence-corrected chi connectivity index (χ1v) is 17.9. The molecule has 0 bridgehead atoms. The van der Waals surface area contributed by atoms with Crippen LogP contribution >= 0.6 is 209 Å². The molecule has 39 heavy (non-hydrogen) atoms. The van der Waals surface area contributed by atoms with E-state index in [2.05, 4.69) is 0 Å². The van der Waals surface area contributed by atoms with E-state index in [9.17, 15) is 0 Å². The zero-order chi connectivity index (χ0) is 34.5. The Balaban J connectivity index is -0.0000000374. The summed E-state index contributed by atoms with van der Waals surface area (Å²) in [5.74, 6) is 0. The fraction of sp³-hybridized carbons (Fsp3) is 1.00. The first-order valence-electron chi connectivity index (χ1n) is 10.2. The van der Waals surface area contributed by atoms with Crippen molar-refractivity contribution in [1.29, 1.82) is 0 Å². The molecule has 0 heterocycles. The van der Waals surface area contributed by atoms with Gasteiger partial charge in [0.05, 0.1) is 0 Å². The van der Waals surface area contributed by atoms with Gasteiger partial charge in [-0.2, -0.15) is 0 Å². The molecule has 0 radical (unpaired) electrons. The standard InChI is InChI=1S/C4H8Cl2O.8C2H4Cl2/c1-4(5,6)2-3-7;8*1-2(3)4/h7H,2-3H2,1H3;8*2H,1H3. The normalized spacial score (nSPS) is 9.54. The summed E-state index contributed by atoms with van der Waals surface area (Å²) in [6.45, 7) is 15.3. The minimum Gasteiger partial charge on any atom is -0.396 e. The van der Waals surface area contributed by atoms with E-state index < -0.39 is 4.33 Å². The highest BCUT2D eigenvalue weighted by Crippen LogP contribution is 2.22. The fourth-order valence-corrected chi connectivity index (χ4v) is 0.365. The van der Waals surface area contributed by atoms with Crippen molar-refractivity contribution in [2.75, 3.05) is 6.61 Å². The molecule has 252 valence electrons. The lowest BCUT2D eigenvalue weighted by Crippen LogP contribution is -2.07. The number of hydrogen-bond acceptors (Lipinski definition) is 1. The Morgan fingerprint density at radius 1 is 0.385 bits per heavy atom. The first kappa shape index (κ1) is 66.6. The number of rotatable bonds is 2. The van der Waals surface area contributed by atoms with Gasteiger partial charge in [0.15, 0.2) is 0 Å². The van der Waals surface area contributed by atoms with E-state index in [-0.39, 0.29) is 45.3 Å². The minimum atomic E-state index is -0.755. The average molecular weight is 935 g/mol. The van der Waals surface area contributed by atoms with Gasteiger partial charge in [-0.05, 0) is 62.3 Å². The molecule has 0 saturated heterocycles. The summed E-state index contributed by atoms with van der Waals surface area (Å²) in [6.07, 6.45) is 0.427. The number of hydrogen-bond donors (Lipinski definition) is 1. The third-order valence-electron chi connectivity index (χ3n) is 0.551.